The molecule has 3 rings (SSSR count). The summed E-state index contributed by atoms with van der Waals surface area (Å²) in [5, 5.41) is 2.81. The number of anilines is 1. The highest BCUT2D eigenvalue weighted by atomic mass is 16.5. The van der Waals surface area contributed by atoms with Gasteiger partial charge in [0.1, 0.15) is 0 Å². The number of amides is 2. The van der Waals surface area contributed by atoms with E-state index in [9.17, 15) is 9.59 Å². The van der Waals surface area contributed by atoms with Gasteiger partial charge in [-0.05, 0) is 24.8 Å². The molecule has 1 aromatic heterocycles. The van der Waals surface area contributed by atoms with Crippen molar-refractivity contribution >= 4 is 17.5 Å². The molecule has 2 aliphatic rings. The molecule has 6 heteroatoms. The first-order valence-corrected chi connectivity index (χ1v) is 7.24. The molecular formula is C15H19N3O3. The molecule has 1 aliphatic heterocycles. The van der Waals surface area contributed by atoms with Crippen LogP contribution in [0, 0.1) is 11.8 Å². The van der Waals surface area contributed by atoms with Gasteiger partial charge < -0.3 is 15.0 Å². The van der Waals surface area contributed by atoms with Crippen molar-refractivity contribution in [3.63, 3.8) is 0 Å². The zero-order valence-corrected chi connectivity index (χ0v) is 12.0. The van der Waals surface area contributed by atoms with Crippen LogP contribution in [0.2, 0.25) is 0 Å². The fourth-order valence-corrected chi connectivity index (χ4v) is 2.56. The Hall–Kier alpha value is -2.11. The molecular weight excluding hydrogens is 270 g/mol. The fraction of sp³-hybridized carbons (Fsp3) is 0.533. The second kappa shape index (κ2) is 5.71. The maximum absolute atomic E-state index is 12.2. The lowest BCUT2D eigenvalue weighted by atomic mass is 10.1. The van der Waals surface area contributed by atoms with Gasteiger partial charge in [0.05, 0.1) is 24.9 Å². The third kappa shape index (κ3) is 3.32. The van der Waals surface area contributed by atoms with Crippen molar-refractivity contribution in [1.82, 2.24) is 9.88 Å². The molecule has 2 fully saturated rings. The van der Waals surface area contributed by atoms with Crippen molar-refractivity contribution in [1.29, 1.82) is 0 Å². The number of nitrogens with one attached hydrogen (secondary N) is 1. The average Bonchev–Trinajstić information content (AvgIpc) is 3.23. The Morgan fingerprint density at radius 3 is 2.90 bits per heavy atom. The first-order valence-electron chi connectivity index (χ1n) is 7.24. The molecule has 2 amide bonds. The van der Waals surface area contributed by atoms with Crippen molar-refractivity contribution in [2.24, 2.45) is 11.8 Å². The third-order valence-corrected chi connectivity index (χ3v) is 3.97. The van der Waals surface area contributed by atoms with Crippen molar-refractivity contribution in [2.45, 2.75) is 19.3 Å². The van der Waals surface area contributed by atoms with E-state index in [0.29, 0.717) is 30.5 Å². The van der Waals surface area contributed by atoms with Crippen molar-refractivity contribution < 1.29 is 14.3 Å². The summed E-state index contributed by atoms with van der Waals surface area (Å²) in [6.45, 7) is 1.34. The van der Waals surface area contributed by atoms with Gasteiger partial charge in [0.25, 0.3) is 0 Å². The summed E-state index contributed by atoms with van der Waals surface area (Å²) in [5.74, 6) is 0.864. The Morgan fingerprint density at radius 1 is 1.48 bits per heavy atom. The topological polar surface area (TPSA) is 71.5 Å². The lowest BCUT2D eigenvalue weighted by Gasteiger charge is -2.16. The molecule has 1 aromatic rings. The molecule has 21 heavy (non-hydrogen) atoms. The van der Waals surface area contributed by atoms with Gasteiger partial charge >= 0.3 is 0 Å². The van der Waals surface area contributed by atoms with Gasteiger partial charge in [-0.3, -0.25) is 9.59 Å². The quantitative estimate of drug-likeness (QED) is 0.886. The van der Waals surface area contributed by atoms with E-state index in [1.165, 1.54) is 12.8 Å². The summed E-state index contributed by atoms with van der Waals surface area (Å²) >= 11 is 0. The Bertz CT molecular complexity index is 540. The van der Waals surface area contributed by atoms with Gasteiger partial charge in [-0.2, -0.15) is 0 Å². The number of aromatic nitrogens is 1. The summed E-state index contributed by atoms with van der Waals surface area (Å²) in [4.78, 5) is 30.0. The van der Waals surface area contributed by atoms with E-state index in [4.69, 9.17) is 4.74 Å². The minimum Gasteiger partial charge on any atom is -0.481 e. The molecule has 0 spiro atoms. The highest BCUT2D eigenvalue weighted by Gasteiger charge is 2.37. The highest BCUT2D eigenvalue weighted by Crippen LogP contribution is 2.32. The number of ether oxygens (including phenoxy) is 1. The Morgan fingerprint density at radius 2 is 2.29 bits per heavy atom. The summed E-state index contributed by atoms with van der Waals surface area (Å²) in [7, 11) is 1.54. The third-order valence-electron chi connectivity index (χ3n) is 3.97. The van der Waals surface area contributed by atoms with Crippen molar-refractivity contribution in [2.75, 3.05) is 25.5 Å². The zero-order chi connectivity index (χ0) is 14.8. The second-order valence-corrected chi connectivity index (χ2v) is 5.72. The fourth-order valence-electron chi connectivity index (χ4n) is 2.56. The van der Waals surface area contributed by atoms with Crippen LogP contribution in [0.4, 0.5) is 5.69 Å². The van der Waals surface area contributed by atoms with Crippen LogP contribution in [-0.2, 0) is 9.59 Å². The highest BCUT2D eigenvalue weighted by molar-refractivity contribution is 5.97. The maximum atomic E-state index is 12.2. The van der Waals surface area contributed by atoms with Crippen molar-refractivity contribution in [3.05, 3.63) is 18.3 Å². The van der Waals surface area contributed by atoms with Crippen LogP contribution in [0.3, 0.4) is 0 Å². The number of pyridine rings is 1. The predicted octanol–water partition coefficient (Wildman–Crippen LogP) is 1.29. The molecule has 0 radical (unpaired) electrons. The zero-order valence-electron chi connectivity index (χ0n) is 12.0. The van der Waals surface area contributed by atoms with E-state index in [1.54, 1.807) is 25.4 Å². The van der Waals surface area contributed by atoms with Gasteiger partial charge in [-0.25, -0.2) is 4.98 Å². The van der Waals surface area contributed by atoms with Crippen LogP contribution in [-0.4, -0.2) is 41.9 Å². The second-order valence-electron chi connectivity index (χ2n) is 5.72. The SMILES string of the molecule is COc1ccc(NC(=O)[C@H]2CC(=O)N(CC3CC3)C2)cn1. The summed E-state index contributed by atoms with van der Waals surface area (Å²) < 4.78 is 4.97. The lowest BCUT2D eigenvalue weighted by Crippen LogP contribution is -2.29. The smallest absolute Gasteiger partial charge is 0.229 e. The monoisotopic (exact) mass is 289 g/mol. The lowest BCUT2D eigenvalue weighted by molar-refractivity contribution is -0.128. The number of carbonyl (C=O) groups is 2. The van der Waals surface area contributed by atoms with E-state index >= 15 is 0 Å². The molecule has 0 unspecified atom stereocenters. The van der Waals surface area contributed by atoms with Gasteiger partial charge in [0.15, 0.2) is 0 Å². The molecule has 0 bridgehead atoms. The van der Waals surface area contributed by atoms with Gasteiger partial charge in [0, 0.05) is 25.6 Å². The summed E-state index contributed by atoms with van der Waals surface area (Å²) in [6, 6.07) is 3.43. The first-order chi connectivity index (χ1) is 10.2. The normalized spacial score (nSPS) is 21.5. The number of rotatable bonds is 5. The van der Waals surface area contributed by atoms with E-state index in [-0.39, 0.29) is 17.7 Å². The number of nitrogens with zero attached hydrogens (tertiary/aromatic N) is 2. The molecule has 0 aromatic carbocycles. The molecule has 1 atom stereocenters. The predicted molar refractivity (Wildman–Crippen MR) is 76.8 cm³/mol. The average molecular weight is 289 g/mol. The summed E-state index contributed by atoms with van der Waals surface area (Å²) in [6.07, 6.45) is 4.27. The number of hydrogen-bond acceptors (Lipinski definition) is 4. The molecule has 1 saturated carbocycles. The molecule has 6 nitrogen and oxygen atoms in total. The van der Waals surface area contributed by atoms with Crippen LogP contribution >= 0.6 is 0 Å². The van der Waals surface area contributed by atoms with Crippen LogP contribution in [0.15, 0.2) is 18.3 Å². The molecule has 1 aliphatic carbocycles. The van der Waals surface area contributed by atoms with Crippen molar-refractivity contribution in [3.8, 4) is 5.88 Å². The number of hydrogen-bond donors (Lipinski definition) is 1. The van der Waals surface area contributed by atoms with Gasteiger partial charge in [-0.1, -0.05) is 0 Å². The van der Waals surface area contributed by atoms with E-state index in [2.05, 4.69) is 10.3 Å². The minimum atomic E-state index is -0.265. The van der Waals surface area contributed by atoms with Crippen LogP contribution in [0.25, 0.3) is 0 Å². The van der Waals surface area contributed by atoms with Gasteiger partial charge in [0.2, 0.25) is 17.7 Å². The standard InChI is InChI=1S/C15H19N3O3/c1-21-13-5-4-12(7-16-13)17-15(20)11-6-14(19)18(9-11)8-10-2-3-10/h4-5,7,10-11H,2-3,6,8-9H2,1H3,(H,17,20)/t11-/m0/s1. The first kappa shape index (κ1) is 13.9. The molecule has 2 heterocycles. The summed E-state index contributed by atoms with van der Waals surface area (Å²) in [5.41, 5.74) is 0.619. The van der Waals surface area contributed by atoms with E-state index in [0.717, 1.165) is 6.54 Å². The Balaban J connectivity index is 1.56. The van der Waals surface area contributed by atoms with Crippen LogP contribution < -0.4 is 10.1 Å². The number of methoxy groups -OCH3 is 1. The minimum absolute atomic E-state index is 0.0925. The van der Waals surface area contributed by atoms with Gasteiger partial charge in [-0.15, -0.1) is 0 Å². The largest absolute Gasteiger partial charge is 0.481 e. The Kier molecular flexibility index (Phi) is 3.77. The number of carbonyl (C=O) groups excluding carboxylic acids is 2. The Labute approximate surface area is 123 Å². The maximum Gasteiger partial charge on any atom is 0.229 e. The van der Waals surface area contributed by atoms with Crippen LogP contribution in [0.1, 0.15) is 19.3 Å². The molecule has 1 saturated heterocycles. The van der Waals surface area contributed by atoms with Crippen LogP contribution in [0.5, 0.6) is 5.88 Å². The molecule has 112 valence electrons. The van der Waals surface area contributed by atoms with E-state index < -0.39 is 0 Å². The van der Waals surface area contributed by atoms with E-state index in [1.807, 2.05) is 4.90 Å². The molecule has 1 N–H and O–H groups in total. The number of likely N-dealkylation sites (tertiary alicyclic amines) is 1.